The fourth-order valence-electron chi connectivity index (χ4n) is 4.57. The average Bonchev–Trinajstić information content (AvgIpc) is 3.11. The largest absolute Gasteiger partial charge is 0.365 e. The predicted molar refractivity (Wildman–Crippen MR) is 108 cm³/mol. The van der Waals surface area contributed by atoms with Gasteiger partial charge in [-0.25, -0.2) is 8.78 Å². The van der Waals surface area contributed by atoms with Crippen LogP contribution in [-0.4, -0.2) is 36.6 Å². The van der Waals surface area contributed by atoms with Crippen LogP contribution in [-0.2, 0) is 17.7 Å². The lowest BCUT2D eigenvalue weighted by Gasteiger charge is -2.48. The number of hydrogen-bond donors (Lipinski definition) is 0. The second-order valence-corrected chi connectivity index (χ2v) is 8.65. The maximum atomic E-state index is 14.3. The minimum atomic E-state index is -2.76. The number of nitrogens with zero attached hydrogens (tertiary/aromatic N) is 2. The van der Waals surface area contributed by atoms with Gasteiger partial charge in [0, 0.05) is 23.5 Å². The topological polar surface area (TPSA) is 36.3 Å². The van der Waals surface area contributed by atoms with Gasteiger partial charge in [0.05, 0.1) is 11.6 Å². The molecule has 2 saturated heterocycles. The van der Waals surface area contributed by atoms with Gasteiger partial charge in [0.25, 0.3) is 5.92 Å². The second kappa shape index (κ2) is 8.02. The highest BCUT2D eigenvalue weighted by Crippen LogP contribution is 2.50. The monoisotopic (exact) mass is 416 g/mol. The van der Waals surface area contributed by atoms with Gasteiger partial charge in [0.2, 0.25) is 0 Å². The predicted octanol–water partition coefficient (Wildman–Crippen LogP) is 5.07. The fourth-order valence-corrected chi connectivity index (χ4v) is 4.70. The molecule has 0 bridgehead atoms. The Balaban J connectivity index is 1.48. The van der Waals surface area contributed by atoms with E-state index in [9.17, 15) is 8.78 Å². The van der Waals surface area contributed by atoms with Gasteiger partial charge < -0.3 is 4.74 Å². The molecule has 3 nitrogen and oxygen atoms in total. The van der Waals surface area contributed by atoms with Crippen molar-refractivity contribution in [2.75, 3.05) is 19.7 Å². The van der Waals surface area contributed by atoms with Crippen LogP contribution in [0.25, 0.3) is 0 Å². The Hall–Kier alpha value is -2.00. The molecule has 2 atom stereocenters. The van der Waals surface area contributed by atoms with Gasteiger partial charge in [0.1, 0.15) is 12.7 Å². The molecule has 0 N–H and O–H groups in total. The SMILES string of the molecule is N#Cc1ccc(CC[C@@]2([C@H]3OCC3(F)F)CCN(Cc3ccc(Cl)cc3)C2)cc1. The molecular formula is C23H23ClF2N2O. The summed E-state index contributed by atoms with van der Waals surface area (Å²) in [5, 5.41) is 9.63. The Morgan fingerprint density at radius 3 is 2.38 bits per heavy atom. The normalized spacial score (nSPS) is 26.1. The highest BCUT2D eigenvalue weighted by molar-refractivity contribution is 6.30. The molecule has 2 aliphatic heterocycles. The number of nitriles is 1. The number of likely N-dealkylation sites (tertiary alicyclic amines) is 1. The third-order valence-corrected chi connectivity index (χ3v) is 6.41. The van der Waals surface area contributed by atoms with Gasteiger partial charge in [-0.1, -0.05) is 35.9 Å². The first-order valence-electron chi connectivity index (χ1n) is 9.86. The molecule has 0 spiro atoms. The van der Waals surface area contributed by atoms with Crippen molar-refractivity contribution in [3.8, 4) is 6.07 Å². The first-order valence-corrected chi connectivity index (χ1v) is 10.2. The van der Waals surface area contributed by atoms with E-state index in [1.54, 1.807) is 12.1 Å². The molecule has 0 aliphatic carbocycles. The summed E-state index contributed by atoms with van der Waals surface area (Å²) in [4.78, 5) is 2.24. The van der Waals surface area contributed by atoms with Gasteiger partial charge in [0.15, 0.2) is 0 Å². The average molecular weight is 417 g/mol. The highest BCUT2D eigenvalue weighted by atomic mass is 35.5. The summed E-state index contributed by atoms with van der Waals surface area (Å²) >= 11 is 5.96. The summed E-state index contributed by atoms with van der Waals surface area (Å²) in [7, 11) is 0. The van der Waals surface area contributed by atoms with Gasteiger partial charge in [-0.3, -0.25) is 4.90 Å². The van der Waals surface area contributed by atoms with Crippen LogP contribution in [0.5, 0.6) is 0 Å². The number of alkyl halides is 2. The van der Waals surface area contributed by atoms with E-state index in [-0.39, 0.29) is 0 Å². The van der Waals surface area contributed by atoms with Crippen molar-refractivity contribution < 1.29 is 13.5 Å². The molecule has 0 unspecified atom stereocenters. The van der Waals surface area contributed by atoms with Crippen LogP contribution in [0.3, 0.4) is 0 Å². The summed E-state index contributed by atoms with van der Waals surface area (Å²) in [6.07, 6.45) is 0.993. The lowest BCUT2D eigenvalue weighted by Crippen LogP contribution is -2.61. The number of ether oxygens (including phenoxy) is 1. The van der Waals surface area contributed by atoms with Crippen LogP contribution >= 0.6 is 11.6 Å². The van der Waals surface area contributed by atoms with Crippen molar-refractivity contribution in [1.29, 1.82) is 5.26 Å². The zero-order valence-corrected chi connectivity index (χ0v) is 16.8. The Morgan fingerprint density at radius 1 is 1.10 bits per heavy atom. The lowest BCUT2D eigenvalue weighted by atomic mass is 9.72. The molecule has 2 aromatic rings. The number of rotatable bonds is 6. The molecule has 6 heteroatoms. The molecule has 0 aromatic heterocycles. The van der Waals surface area contributed by atoms with E-state index < -0.39 is 24.0 Å². The summed E-state index contributed by atoms with van der Waals surface area (Å²) in [6, 6.07) is 17.1. The van der Waals surface area contributed by atoms with Crippen molar-refractivity contribution in [3.63, 3.8) is 0 Å². The van der Waals surface area contributed by atoms with E-state index in [0.717, 1.165) is 17.7 Å². The Morgan fingerprint density at radius 2 is 1.79 bits per heavy atom. The molecule has 2 fully saturated rings. The highest BCUT2D eigenvalue weighted by Gasteiger charge is 2.61. The number of benzene rings is 2. The standard InChI is InChI=1S/C23H23ClF2N2O/c24-20-7-5-19(6-8-20)14-28-12-11-22(15-28,21-23(25,26)16-29-21)10-9-17-1-3-18(13-27)4-2-17/h1-8,21H,9-12,14-16H2/t21-,22-/m1/s1. The van der Waals surface area contributed by atoms with E-state index in [2.05, 4.69) is 11.0 Å². The second-order valence-electron chi connectivity index (χ2n) is 8.21. The Labute approximate surface area is 174 Å². The van der Waals surface area contributed by atoms with Gasteiger partial charge in [-0.15, -0.1) is 0 Å². The molecule has 2 aromatic carbocycles. The molecule has 2 aliphatic rings. The van der Waals surface area contributed by atoms with Crippen LogP contribution in [0.2, 0.25) is 5.02 Å². The molecule has 0 radical (unpaired) electrons. The van der Waals surface area contributed by atoms with Crippen molar-refractivity contribution >= 4 is 11.6 Å². The van der Waals surface area contributed by atoms with Gasteiger partial charge in [-0.2, -0.15) is 5.26 Å². The third kappa shape index (κ3) is 4.30. The zero-order chi connectivity index (χ0) is 20.5. The van der Waals surface area contributed by atoms with E-state index in [1.165, 1.54) is 0 Å². The summed E-state index contributed by atoms with van der Waals surface area (Å²) in [6.45, 7) is 1.60. The first-order chi connectivity index (χ1) is 13.9. The number of hydrogen-bond acceptors (Lipinski definition) is 3. The van der Waals surface area contributed by atoms with Crippen LogP contribution in [0.15, 0.2) is 48.5 Å². The Bertz CT molecular complexity index is 895. The maximum Gasteiger partial charge on any atom is 0.297 e. The molecule has 29 heavy (non-hydrogen) atoms. The smallest absolute Gasteiger partial charge is 0.297 e. The summed E-state index contributed by atoms with van der Waals surface area (Å²) in [5.41, 5.74) is 2.22. The van der Waals surface area contributed by atoms with Crippen LogP contribution in [0.4, 0.5) is 8.78 Å². The minimum absolute atomic E-state index is 0.479. The van der Waals surface area contributed by atoms with Crippen molar-refractivity contribution in [3.05, 3.63) is 70.2 Å². The molecular weight excluding hydrogens is 394 g/mol. The van der Waals surface area contributed by atoms with Gasteiger partial charge in [-0.05, 0) is 61.2 Å². The van der Waals surface area contributed by atoms with E-state index >= 15 is 0 Å². The van der Waals surface area contributed by atoms with Crippen LogP contribution < -0.4 is 0 Å². The third-order valence-electron chi connectivity index (χ3n) is 6.16. The van der Waals surface area contributed by atoms with Crippen molar-refractivity contribution in [2.45, 2.75) is 37.8 Å². The van der Waals surface area contributed by atoms with Gasteiger partial charge >= 0.3 is 0 Å². The van der Waals surface area contributed by atoms with Crippen LogP contribution in [0, 0.1) is 16.7 Å². The van der Waals surface area contributed by atoms with Crippen molar-refractivity contribution in [2.24, 2.45) is 5.41 Å². The fraction of sp³-hybridized carbons (Fsp3) is 0.435. The summed E-state index contributed by atoms with van der Waals surface area (Å²) in [5.74, 6) is -2.76. The number of halogens is 3. The zero-order valence-electron chi connectivity index (χ0n) is 16.1. The van der Waals surface area contributed by atoms with E-state index in [4.69, 9.17) is 21.6 Å². The molecule has 152 valence electrons. The molecule has 0 saturated carbocycles. The van der Waals surface area contributed by atoms with E-state index in [1.807, 2.05) is 36.4 Å². The molecule has 2 heterocycles. The minimum Gasteiger partial charge on any atom is -0.365 e. The van der Waals surface area contributed by atoms with Crippen molar-refractivity contribution in [1.82, 2.24) is 4.90 Å². The maximum absolute atomic E-state index is 14.3. The van der Waals surface area contributed by atoms with Crippen LogP contribution in [0.1, 0.15) is 29.5 Å². The number of aryl methyl sites for hydroxylation is 1. The van der Waals surface area contributed by atoms with E-state index in [0.29, 0.717) is 42.9 Å². The lowest BCUT2D eigenvalue weighted by molar-refractivity contribution is -0.301. The quantitative estimate of drug-likeness (QED) is 0.659. The summed E-state index contributed by atoms with van der Waals surface area (Å²) < 4.78 is 34.1. The molecule has 0 amide bonds. The first kappa shape index (κ1) is 20.3. The molecule has 4 rings (SSSR count). The Kier molecular flexibility index (Phi) is 5.61.